The molecule has 0 fully saturated rings. The van der Waals surface area contributed by atoms with Gasteiger partial charge in [0.05, 0.1) is 39.7 Å². The van der Waals surface area contributed by atoms with Gasteiger partial charge in [0.25, 0.3) is 11.8 Å². The van der Waals surface area contributed by atoms with Crippen LogP contribution in [0.15, 0.2) is 71.8 Å². The first-order valence-corrected chi connectivity index (χ1v) is 10.7. The van der Waals surface area contributed by atoms with Gasteiger partial charge in [0.2, 0.25) is 0 Å². The van der Waals surface area contributed by atoms with Gasteiger partial charge >= 0.3 is 5.97 Å². The lowest BCUT2D eigenvalue weighted by atomic mass is 10.2. The molecule has 10 heteroatoms. The number of methoxy groups -OCH3 is 3. The average Bonchev–Trinajstić information content (AvgIpc) is 2.92. The van der Waals surface area contributed by atoms with Gasteiger partial charge in [-0.2, -0.15) is 5.10 Å². The van der Waals surface area contributed by atoms with Crippen LogP contribution in [0.1, 0.15) is 26.3 Å². The number of hydrazone groups is 1. The molecule has 0 saturated carbocycles. The summed E-state index contributed by atoms with van der Waals surface area (Å²) in [5, 5.41) is 6.39. The molecule has 3 rings (SSSR count). The molecule has 2 N–H and O–H groups in total. The van der Waals surface area contributed by atoms with Crippen molar-refractivity contribution in [3.05, 3.63) is 83.4 Å². The van der Waals surface area contributed by atoms with E-state index in [1.165, 1.54) is 33.6 Å². The van der Waals surface area contributed by atoms with E-state index < -0.39 is 11.9 Å². The van der Waals surface area contributed by atoms with Crippen LogP contribution >= 0.6 is 0 Å². The smallest absolute Gasteiger partial charge is 0.343 e. The zero-order valence-corrected chi connectivity index (χ0v) is 19.9. The molecule has 0 atom stereocenters. The molecular formula is C26H25N3O7. The highest BCUT2D eigenvalue weighted by atomic mass is 16.6. The Morgan fingerprint density at radius 2 is 1.44 bits per heavy atom. The van der Waals surface area contributed by atoms with E-state index in [1.54, 1.807) is 60.7 Å². The van der Waals surface area contributed by atoms with Crippen LogP contribution in [0, 0.1) is 0 Å². The molecule has 10 nitrogen and oxygen atoms in total. The molecule has 0 radical (unpaired) electrons. The van der Waals surface area contributed by atoms with Crippen LogP contribution in [0.2, 0.25) is 0 Å². The lowest BCUT2D eigenvalue weighted by molar-refractivity contribution is -0.120. The maximum atomic E-state index is 12.6. The van der Waals surface area contributed by atoms with Gasteiger partial charge in [-0.25, -0.2) is 10.2 Å². The number of nitrogens with one attached hydrogen (secondary N) is 2. The van der Waals surface area contributed by atoms with E-state index in [1.807, 2.05) is 0 Å². The summed E-state index contributed by atoms with van der Waals surface area (Å²) in [6.45, 7) is -0.237. The van der Waals surface area contributed by atoms with Crippen LogP contribution < -0.4 is 29.7 Å². The summed E-state index contributed by atoms with van der Waals surface area (Å²) in [5.41, 5.74) is 3.62. The Kier molecular flexibility index (Phi) is 8.99. The largest absolute Gasteiger partial charge is 0.493 e. The van der Waals surface area contributed by atoms with Crippen molar-refractivity contribution in [3.8, 4) is 23.0 Å². The second kappa shape index (κ2) is 12.6. The molecule has 0 heterocycles. The van der Waals surface area contributed by atoms with Crippen molar-refractivity contribution in [2.24, 2.45) is 5.10 Å². The lowest BCUT2D eigenvalue weighted by Gasteiger charge is -2.11. The third-order valence-electron chi connectivity index (χ3n) is 4.86. The van der Waals surface area contributed by atoms with Gasteiger partial charge in [0.15, 0.2) is 23.0 Å². The van der Waals surface area contributed by atoms with E-state index >= 15 is 0 Å². The fourth-order valence-corrected chi connectivity index (χ4v) is 3.04. The highest BCUT2D eigenvalue weighted by molar-refractivity contribution is 5.96. The lowest BCUT2D eigenvalue weighted by Crippen LogP contribution is -2.34. The Bertz CT molecular complexity index is 1260. The molecular weight excluding hydrogens is 466 g/mol. The minimum absolute atomic E-state index is 0.196. The van der Waals surface area contributed by atoms with E-state index in [4.69, 9.17) is 18.9 Å². The number of hydrogen-bond donors (Lipinski definition) is 2. The maximum Gasteiger partial charge on any atom is 0.343 e. The Morgan fingerprint density at radius 3 is 2.14 bits per heavy atom. The molecule has 0 saturated heterocycles. The molecule has 186 valence electrons. The number of benzene rings is 3. The van der Waals surface area contributed by atoms with Crippen LogP contribution in [-0.2, 0) is 4.79 Å². The predicted octanol–water partition coefficient (Wildman–Crippen LogP) is 2.81. The molecule has 0 aliphatic carbocycles. The number of nitrogens with zero attached hydrogens (tertiary/aromatic N) is 1. The normalized spacial score (nSPS) is 10.4. The summed E-state index contributed by atoms with van der Waals surface area (Å²) in [6.07, 6.45) is 1.39. The fourth-order valence-electron chi connectivity index (χ4n) is 3.04. The predicted molar refractivity (Wildman–Crippen MR) is 132 cm³/mol. The third kappa shape index (κ3) is 6.83. The van der Waals surface area contributed by atoms with Gasteiger partial charge in [-0.15, -0.1) is 0 Å². The van der Waals surface area contributed by atoms with E-state index in [0.29, 0.717) is 22.6 Å². The second-order valence-electron chi connectivity index (χ2n) is 7.21. The Labute approximate surface area is 207 Å². The number of esters is 1. The standard InChI is InChI=1S/C26H25N3O7/c1-33-20-12-10-19(14-23(20)35-3)26(32)36-21-11-9-17(13-22(21)34-2)15-28-29-24(30)16-27-25(31)18-7-5-4-6-8-18/h4-15H,16H2,1-3H3,(H,27,31)(H,29,30). The van der Waals surface area contributed by atoms with E-state index in [2.05, 4.69) is 15.8 Å². The highest BCUT2D eigenvalue weighted by Gasteiger charge is 2.15. The summed E-state index contributed by atoms with van der Waals surface area (Å²) >= 11 is 0. The SMILES string of the molecule is COc1ccc(C(=O)Oc2ccc(C=NNC(=O)CNC(=O)c3ccccc3)cc2OC)cc1OC. The monoisotopic (exact) mass is 491 g/mol. The molecule has 0 spiro atoms. The van der Waals surface area contributed by atoms with Crippen molar-refractivity contribution in [2.45, 2.75) is 0 Å². The van der Waals surface area contributed by atoms with Gasteiger partial charge in [-0.05, 0) is 54.1 Å². The third-order valence-corrected chi connectivity index (χ3v) is 4.86. The molecule has 0 aliphatic rings. The first kappa shape index (κ1) is 25.8. The number of ether oxygens (including phenoxy) is 4. The number of carbonyl (C=O) groups is 3. The van der Waals surface area contributed by atoms with Gasteiger partial charge in [0, 0.05) is 5.56 Å². The van der Waals surface area contributed by atoms with Gasteiger partial charge in [-0.1, -0.05) is 18.2 Å². The van der Waals surface area contributed by atoms with Crippen LogP contribution in [0.25, 0.3) is 0 Å². The molecule has 0 unspecified atom stereocenters. The summed E-state index contributed by atoms with van der Waals surface area (Å²) in [6, 6.07) is 18.0. The quantitative estimate of drug-likeness (QED) is 0.193. The van der Waals surface area contributed by atoms with Crippen molar-refractivity contribution in [1.82, 2.24) is 10.7 Å². The van der Waals surface area contributed by atoms with Crippen LogP contribution in [0.5, 0.6) is 23.0 Å². The Morgan fingerprint density at radius 1 is 0.778 bits per heavy atom. The molecule has 2 amide bonds. The summed E-state index contributed by atoms with van der Waals surface area (Å²) in [7, 11) is 4.40. The van der Waals surface area contributed by atoms with Crippen molar-refractivity contribution in [1.29, 1.82) is 0 Å². The molecule has 0 bridgehead atoms. The molecule has 3 aromatic rings. The van der Waals surface area contributed by atoms with Gasteiger partial charge in [0.1, 0.15) is 0 Å². The van der Waals surface area contributed by atoms with E-state index in [9.17, 15) is 14.4 Å². The van der Waals surface area contributed by atoms with Crippen LogP contribution in [-0.4, -0.2) is 51.9 Å². The van der Waals surface area contributed by atoms with Crippen molar-refractivity contribution in [2.75, 3.05) is 27.9 Å². The zero-order chi connectivity index (χ0) is 25.9. The highest BCUT2D eigenvalue weighted by Crippen LogP contribution is 2.31. The van der Waals surface area contributed by atoms with Crippen molar-refractivity contribution in [3.63, 3.8) is 0 Å². The summed E-state index contributed by atoms with van der Waals surface area (Å²) < 4.78 is 21.2. The first-order chi connectivity index (χ1) is 17.4. The Balaban J connectivity index is 1.57. The zero-order valence-electron chi connectivity index (χ0n) is 19.9. The van der Waals surface area contributed by atoms with Crippen molar-refractivity contribution < 1.29 is 33.3 Å². The average molecular weight is 492 g/mol. The van der Waals surface area contributed by atoms with Crippen LogP contribution in [0.4, 0.5) is 0 Å². The first-order valence-electron chi connectivity index (χ1n) is 10.7. The maximum absolute atomic E-state index is 12.6. The van der Waals surface area contributed by atoms with Gasteiger partial charge in [-0.3, -0.25) is 9.59 Å². The van der Waals surface area contributed by atoms with Crippen molar-refractivity contribution >= 4 is 24.0 Å². The second-order valence-corrected chi connectivity index (χ2v) is 7.21. The molecule has 3 aromatic carbocycles. The van der Waals surface area contributed by atoms with E-state index in [0.717, 1.165) is 0 Å². The molecule has 0 aromatic heterocycles. The number of rotatable bonds is 10. The van der Waals surface area contributed by atoms with Crippen LogP contribution in [0.3, 0.4) is 0 Å². The van der Waals surface area contributed by atoms with E-state index in [-0.39, 0.29) is 29.5 Å². The molecule has 36 heavy (non-hydrogen) atoms. The molecule has 0 aliphatic heterocycles. The topological polar surface area (TPSA) is 125 Å². The number of amides is 2. The number of hydrogen-bond acceptors (Lipinski definition) is 8. The summed E-state index contributed by atoms with van der Waals surface area (Å²) in [4.78, 5) is 36.5. The Hall–Kier alpha value is -4.86. The minimum Gasteiger partial charge on any atom is -0.493 e. The summed E-state index contributed by atoms with van der Waals surface area (Å²) in [5.74, 6) is -0.106. The minimum atomic E-state index is -0.611. The fraction of sp³-hybridized carbons (Fsp3) is 0.154. The van der Waals surface area contributed by atoms with Gasteiger partial charge < -0.3 is 24.3 Å². The number of carbonyl (C=O) groups excluding carboxylic acids is 3.